The summed E-state index contributed by atoms with van der Waals surface area (Å²) in [5, 5.41) is 8.82. The van der Waals surface area contributed by atoms with Gasteiger partial charge in [0.1, 0.15) is 13.2 Å². The van der Waals surface area contributed by atoms with E-state index in [2.05, 4.69) is 11.8 Å². The van der Waals surface area contributed by atoms with Crippen molar-refractivity contribution in [3.63, 3.8) is 0 Å². The van der Waals surface area contributed by atoms with Gasteiger partial charge in [-0.2, -0.15) is 0 Å². The number of aliphatic hydroxyl groups excluding tert-OH is 1. The van der Waals surface area contributed by atoms with E-state index in [0.29, 0.717) is 24.2 Å². The molecule has 1 heterocycles. The lowest BCUT2D eigenvalue weighted by molar-refractivity contribution is -0.133. The van der Waals surface area contributed by atoms with E-state index in [0.717, 1.165) is 5.56 Å². The molecule has 1 N–H and O–H groups in total. The van der Waals surface area contributed by atoms with Crippen LogP contribution in [0, 0.1) is 18.8 Å². The Morgan fingerprint density at radius 1 is 1.38 bits per heavy atom. The first-order valence-corrected chi connectivity index (χ1v) is 6.76. The molecule has 21 heavy (non-hydrogen) atoms. The second kappa shape index (κ2) is 6.42. The van der Waals surface area contributed by atoms with Crippen LogP contribution in [0.2, 0.25) is 0 Å². The molecule has 1 aliphatic heterocycles. The lowest BCUT2D eigenvalue weighted by Gasteiger charge is -2.32. The number of benzene rings is 1. The van der Waals surface area contributed by atoms with Crippen molar-refractivity contribution in [3.8, 4) is 11.8 Å². The number of aryl methyl sites for hydroxylation is 1. The first-order chi connectivity index (χ1) is 10.0. The van der Waals surface area contributed by atoms with Crippen molar-refractivity contribution in [3.05, 3.63) is 34.9 Å². The van der Waals surface area contributed by atoms with Crippen LogP contribution in [0.25, 0.3) is 0 Å². The van der Waals surface area contributed by atoms with Gasteiger partial charge in [-0.1, -0.05) is 17.9 Å². The van der Waals surface area contributed by atoms with Gasteiger partial charge in [-0.25, -0.2) is 0 Å². The molecule has 1 saturated heterocycles. The number of hydrogen-bond acceptors (Lipinski definition) is 3. The quantitative estimate of drug-likeness (QED) is 0.753. The first-order valence-electron chi connectivity index (χ1n) is 6.76. The number of likely N-dealkylation sites (N-methyl/N-ethyl adjacent to an activating group) is 1. The van der Waals surface area contributed by atoms with Crippen LogP contribution in [0.5, 0.6) is 0 Å². The van der Waals surface area contributed by atoms with Gasteiger partial charge < -0.3 is 14.9 Å². The third kappa shape index (κ3) is 3.41. The van der Waals surface area contributed by atoms with E-state index < -0.39 is 0 Å². The molecule has 0 radical (unpaired) electrons. The maximum absolute atomic E-state index is 12.6. The molecule has 2 rings (SSSR count). The van der Waals surface area contributed by atoms with Crippen molar-refractivity contribution in [2.75, 3.05) is 33.3 Å². The average Bonchev–Trinajstić information content (AvgIpc) is 2.47. The Kier molecular flexibility index (Phi) is 4.61. The summed E-state index contributed by atoms with van der Waals surface area (Å²) >= 11 is 0. The minimum absolute atomic E-state index is 0.0651. The fraction of sp³-hybridized carbons (Fsp3) is 0.375. The molecule has 0 bridgehead atoms. The summed E-state index contributed by atoms with van der Waals surface area (Å²) in [4.78, 5) is 27.4. The van der Waals surface area contributed by atoms with E-state index in [-0.39, 0.29) is 25.0 Å². The van der Waals surface area contributed by atoms with Gasteiger partial charge in [0.15, 0.2) is 0 Å². The summed E-state index contributed by atoms with van der Waals surface area (Å²) in [6.07, 6.45) is 0. The van der Waals surface area contributed by atoms with Crippen molar-refractivity contribution >= 4 is 11.8 Å². The van der Waals surface area contributed by atoms with Gasteiger partial charge in [-0.15, -0.1) is 0 Å². The Morgan fingerprint density at radius 2 is 2.14 bits per heavy atom. The molecule has 5 nitrogen and oxygen atoms in total. The Balaban J connectivity index is 2.29. The predicted molar refractivity (Wildman–Crippen MR) is 78.7 cm³/mol. The molecule has 2 amide bonds. The highest BCUT2D eigenvalue weighted by Gasteiger charge is 2.26. The molecule has 1 fully saturated rings. The first kappa shape index (κ1) is 15.1. The average molecular weight is 286 g/mol. The molecule has 0 unspecified atom stereocenters. The van der Waals surface area contributed by atoms with Crippen LogP contribution < -0.4 is 0 Å². The van der Waals surface area contributed by atoms with Crippen LogP contribution in [0.4, 0.5) is 0 Å². The number of aliphatic hydroxyl groups is 1. The standard InChI is InChI=1S/C16H18N2O3/c1-12-5-6-14(13(10-12)4-3-9-19)16(21)18-8-7-17(2)15(20)11-18/h5-6,10,19H,7-9,11H2,1-2H3. The Hall–Kier alpha value is -2.32. The highest BCUT2D eigenvalue weighted by Crippen LogP contribution is 2.15. The largest absolute Gasteiger partial charge is 0.384 e. The summed E-state index contributed by atoms with van der Waals surface area (Å²) in [6, 6.07) is 5.38. The molecule has 0 saturated carbocycles. The molecular weight excluding hydrogens is 268 g/mol. The van der Waals surface area contributed by atoms with E-state index in [1.165, 1.54) is 4.90 Å². The zero-order chi connectivity index (χ0) is 15.4. The Labute approximate surface area is 124 Å². The van der Waals surface area contributed by atoms with E-state index in [4.69, 9.17) is 5.11 Å². The molecule has 1 aromatic rings. The summed E-state index contributed by atoms with van der Waals surface area (Å²) in [7, 11) is 1.73. The molecule has 0 aromatic heterocycles. The third-order valence-corrected chi connectivity index (χ3v) is 3.45. The van der Waals surface area contributed by atoms with Gasteiger partial charge >= 0.3 is 0 Å². The maximum atomic E-state index is 12.6. The van der Waals surface area contributed by atoms with Crippen LogP contribution in [0.15, 0.2) is 18.2 Å². The van der Waals surface area contributed by atoms with E-state index in [9.17, 15) is 9.59 Å². The van der Waals surface area contributed by atoms with Gasteiger partial charge in [0, 0.05) is 25.7 Å². The second-order valence-electron chi connectivity index (χ2n) is 5.05. The van der Waals surface area contributed by atoms with Gasteiger partial charge in [-0.05, 0) is 24.6 Å². The maximum Gasteiger partial charge on any atom is 0.255 e. The van der Waals surface area contributed by atoms with Crippen molar-refractivity contribution in [2.24, 2.45) is 0 Å². The highest BCUT2D eigenvalue weighted by molar-refractivity contribution is 5.99. The lowest BCUT2D eigenvalue weighted by atomic mass is 10.0. The number of rotatable bonds is 1. The minimum Gasteiger partial charge on any atom is -0.384 e. The lowest BCUT2D eigenvalue weighted by Crippen LogP contribution is -2.50. The summed E-state index contributed by atoms with van der Waals surface area (Å²) in [5.74, 6) is 5.11. The van der Waals surface area contributed by atoms with Crippen LogP contribution in [-0.4, -0.2) is 60.0 Å². The topological polar surface area (TPSA) is 60.9 Å². The fourth-order valence-corrected chi connectivity index (χ4v) is 2.18. The van der Waals surface area contributed by atoms with Crippen molar-refractivity contribution in [1.29, 1.82) is 0 Å². The van der Waals surface area contributed by atoms with Crippen molar-refractivity contribution in [1.82, 2.24) is 9.80 Å². The Morgan fingerprint density at radius 3 is 2.81 bits per heavy atom. The van der Waals surface area contributed by atoms with Crippen LogP contribution in [0.1, 0.15) is 21.5 Å². The molecule has 1 aromatic carbocycles. The smallest absolute Gasteiger partial charge is 0.255 e. The monoisotopic (exact) mass is 286 g/mol. The molecule has 110 valence electrons. The minimum atomic E-state index is -0.255. The number of carbonyl (C=O) groups excluding carboxylic acids is 2. The third-order valence-electron chi connectivity index (χ3n) is 3.45. The summed E-state index contributed by atoms with van der Waals surface area (Å²) in [5.41, 5.74) is 2.04. The zero-order valence-electron chi connectivity index (χ0n) is 12.2. The SMILES string of the molecule is Cc1ccc(C(=O)N2CCN(C)C(=O)C2)c(C#CCO)c1. The van der Waals surface area contributed by atoms with Crippen LogP contribution >= 0.6 is 0 Å². The van der Waals surface area contributed by atoms with E-state index in [1.807, 2.05) is 19.1 Å². The zero-order valence-corrected chi connectivity index (χ0v) is 12.2. The van der Waals surface area contributed by atoms with Gasteiger partial charge in [-0.3, -0.25) is 9.59 Å². The van der Waals surface area contributed by atoms with Gasteiger partial charge in [0.05, 0.1) is 5.56 Å². The predicted octanol–water partition coefficient (Wildman–Crippen LogP) is 0.253. The van der Waals surface area contributed by atoms with Crippen molar-refractivity contribution in [2.45, 2.75) is 6.92 Å². The van der Waals surface area contributed by atoms with Gasteiger partial charge in [0.2, 0.25) is 5.91 Å². The summed E-state index contributed by atoms with van der Waals surface area (Å²) < 4.78 is 0. The van der Waals surface area contributed by atoms with Crippen LogP contribution in [0.3, 0.4) is 0 Å². The number of carbonyl (C=O) groups is 2. The number of hydrogen-bond donors (Lipinski definition) is 1. The normalized spacial score (nSPS) is 14.7. The molecule has 1 aliphatic rings. The second-order valence-corrected chi connectivity index (χ2v) is 5.05. The van der Waals surface area contributed by atoms with E-state index in [1.54, 1.807) is 18.0 Å². The van der Waals surface area contributed by atoms with Crippen molar-refractivity contribution < 1.29 is 14.7 Å². The van der Waals surface area contributed by atoms with Crippen LogP contribution in [-0.2, 0) is 4.79 Å². The van der Waals surface area contributed by atoms with Gasteiger partial charge in [0.25, 0.3) is 5.91 Å². The molecule has 0 atom stereocenters. The highest BCUT2D eigenvalue weighted by atomic mass is 16.2. The van der Waals surface area contributed by atoms with E-state index >= 15 is 0 Å². The molecule has 0 aliphatic carbocycles. The number of nitrogens with zero attached hydrogens (tertiary/aromatic N) is 2. The molecule has 0 spiro atoms. The Bertz CT molecular complexity index is 628. The fourth-order valence-electron chi connectivity index (χ4n) is 2.18. The number of piperazine rings is 1. The molecular formula is C16H18N2O3. The molecule has 5 heteroatoms. The summed E-state index contributed by atoms with van der Waals surface area (Å²) in [6.45, 7) is 2.80. The number of amides is 2.